The molecule has 1 aromatic carbocycles. The van der Waals surface area contributed by atoms with Gasteiger partial charge in [-0.3, -0.25) is 0 Å². The van der Waals surface area contributed by atoms with Gasteiger partial charge in [-0.15, -0.1) is 0 Å². The Bertz CT molecular complexity index is 1410. The van der Waals surface area contributed by atoms with Gasteiger partial charge in [0.2, 0.25) is 0 Å². The zero-order valence-corrected chi connectivity index (χ0v) is 16.5. The van der Waals surface area contributed by atoms with Crippen LogP contribution in [0.1, 0.15) is 5.56 Å². The molecule has 0 atom stereocenters. The number of hydrogen-bond acceptors (Lipinski definition) is 4. The molecular weight excluding hydrogens is 379 g/mol. The Labute approximate surface area is 181 Å². The molecule has 5 heterocycles. The van der Waals surface area contributed by atoms with E-state index >= 15 is 0 Å². The quantitative estimate of drug-likeness (QED) is 0.649. The summed E-state index contributed by atoms with van der Waals surface area (Å²) in [6.45, 7) is 0. The van der Waals surface area contributed by atoms with Crippen LogP contribution in [0.3, 0.4) is 0 Å². The molecule has 0 spiro atoms. The maximum atomic E-state index is 6.27. The summed E-state index contributed by atoms with van der Waals surface area (Å²) in [5.41, 5.74) is 9.45. The number of hydrogen-bond donors (Lipinski definition) is 0. The maximum absolute atomic E-state index is 6.27. The van der Waals surface area contributed by atoms with E-state index < -0.39 is 0 Å². The second-order valence-corrected chi connectivity index (χ2v) is 7.53. The molecule has 0 aromatic heterocycles. The van der Waals surface area contributed by atoms with Crippen molar-refractivity contribution in [2.75, 3.05) is 0 Å². The highest BCUT2D eigenvalue weighted by Crippen LogP contribution is 2.30. The maximum Gasteiger partial charge on any atom is 0.114 e. The molecule has 31 heavy (non-hydrogen) atoms. The van der Waals surface area contributed by atoms with E-state index in [1.807, 2.05) is 91.1 Å². The van der Waals surface area contributed by atoms with Crippen molar-refractivity contribution < 1.29 is 0 Å². The Balaban J connectivity index is 1.52. The van der Waals surface area contributed by atoms with Gasteiger partial charge in [0.05, 0.1) is 45.6 Å². The van der Waals surface area contributed by atoms with Crippen LogP contribution >= 0.6 is 0 Å². The SMILES string of the molecule is [B]c1ccccc1C1=CC2=NC1=CC1=NC(=CC3=NC(=CC4=NC(=C2)C=C4)C=C3)C=C1. The number of rotatable bonds is 1. The van der Waals surface area contributed by atoms with Crippen molar-refractivity contribution in [1.82, 2.24) is 0 Å². The number of allylic oxidation sites excluding steroid dienone is 12. The molecule has 142 valence electrons. The number of benzene rings is 1. The number of aliphatic imine (C=N–C) groups is 4. The van der Waals surface area contributed by atoms with Gasteiger partial charge >= 0.3 is 0 Å². The van der Waals surface area contributed by atoms with Crippen LogP contribution in [0.2, 0.25) is 0 Å². The zero-order valence-electron chi connectivity index (χ0n) is 16.5. The van der Waals surface area contributed by atoms with Crippen molar-refractivity contribution in [2.45, 2.75) is 0 Å². The van der Waals surface area contributed by atoms with Crippen molar-refractivity contribution in [2.24, 2.45) is 20.0 Å². The molecule has 0 aliphatic carbocycles. The molecule has 0 saturated carbocycles. The predicted molar refractivity (Wildman–Crippen MR) is 129 cm³/mol. The summed E-state index contributed by atoms with van der Waals surface area (Å²) in [4.78, 5) is 18.9. The normalized spacial score (nSPS) is 20.5. The van der Waals surface area contributed by atoms with Crippen LogP contribution in [0.15, 0.2) is 134 Å². The van der Waals surface area contributed by atoms with Crippen LogP contribution in [0.5, 0.6) is 0 Å². The van der Waals surface area contributed by atoms with Gasteiger partial charge in [-0.2, -0.15) is 0 Å². The summed E-state index contributed by atoms with van der Waals surface area (Å²) in [5.74, 6) is 0. The first-order valence-corrected chi connectivity index (χ1v) is 10.0. The molecular formula is C26H15BN4. The van der Waals surface area contributed by atoms with E-state index in [1.165, 1.54) is 0 Å². The molecule has 1 aromatic rings. The van der Waals surface area contributed by atoms with Gasteiger partial charge in [-0.25, -0.2) is 20.0 Å². The Morgan fingerprint density at radius 1 is 0.516 bits per heavy atom. The Kier molecular flexibility index (Phi) is 4.00. The summed E-state index contributed by atoms with van der Waals surface area (Å²) in [6, 6.07) is 7.83. The fourth-order valence-electron chi connectivity index (χ4n) is 3.86. The van der Waals surface area contributed by atoms with E-state index in [0.29, 0.717) is 5.46 Å². The third-order valence-electron chi connectivity index (χ3n) is 5.29. The van der Waals surface area contributed by atoms with Crippen molar-refractivity contribution in [3.8, 4) is 0 Å². The van der Waals surface area contributed by atoms with Gasteiger partial charge in [0.15, 0.2) is 0 Å². The first kappa shape index (κ1) is 17.7. The Morgan fingerprint density at radius 3 is 1.68 bits per heavy atom. The molecule has 0 unspecified atom stereocenters. The summed E-state index contributed by atoms with van der Waals surface area (Å²) < 4.78 is 0. The number of fused-ring (bicyclic) bond motifs is 4. The minimum absolute atomic E-state index is 0.715. The molecule has 5 heteroatoms. The van der Waals surface area contributed by atoms with Crippen molar-refractivity contribution in [3.63, 3.8) is 0 Å². The van der Waals surface area contributed by atoms with Gasteiger partial charge < -0.3 is 0 Å². The molecule has 0 saturated heterocycles. The lowest BCUT2D eigenvalue weighted by atomic mass is 9.86. The van der Waals surface area contributed by atoms with Crippen LogP contribution in [-0.2, 0) is 0 Å². The third-order valence-corrected chi connectivity index (χ3v) is 5.29. The summed E-state index contributed by atoms with van der Waals surface area (Å²) in [6.07, 6.45) is 21.9. The first-order valence-electron chi connectivity index (χ1n) is 10.0. The van der Waals surface area contributed by atoms with Crippen LogP contribution in [0.25, 0.3) is 5.57 Å². The van der Waals surface area contributed by atoms with E-state index in [1.54, 1.807) is 0 Å². The lowest BCUT2D eigenvalue weighted by Gasteiger charge is -2.08. The lowest BCUT2D eigenvalue weighted by Crippen LogP contribution is -2.09. The van der Waals surface area contributed by atoms with Crippen molar-refractivity contribution in [1.29, 1.82) is 0 Å². The van der Waals surface area contributed by atoms with Crippen LogP contribution in [0.4, 0.5) is 0 Å². The Morgan fingerprint density at radius 2 is 1.06 bits per heavy atom. The molecule has 2 radical (unpaired) electrons. The average molecular weight is 394 g/mol. The molecule has 5 aliphatic heterocycles. The highest BCUT2D eigenvalue weighted by Gasteiger charge is 2.19. The molecule has 0 amide bonds. The largest absolute Gasteiger partial charge is 0.249 e. The highest BCUT2D eigenvalue weighted by atomic mass is 14.8. The summed E-state index contributed by atoms with van der Waals surface area (Å²) in [5, 5.41) is 0. The van der Waals surface area contributed by atoms with Gasteiger partial charge in [0.25, 0.3) is 0 Å². The van der Waals surface area contributed by atoms with Gasteiger partial charge in [0, 0.05) is 5.57 Å². The van der Waals surface area contributed by atoms with Gasteiger partial charge in [0.1, 0.15) is 7.85 Å². The fraction of sp³-hybridized carbons (Fsp3) is 0. The van der Waals surface area contributed by atoms with E-state index in [9.17, 15) is 0 Å². The van der Waals surface area contributed by atoms with E-state index in [-0.39, 0.29) is 0 Å². The van der Waals surface area contributed by atoms with Gasteiger partial charge in [-0.1, -0.05) is 29.7 Å². The molecule has 0 N–H and O–H groups in total. The fourth-order valence-corrected chi connectivity index (χ4v) is 3.86. The average Bonchev–Trinajstić information content (AvgIpc) is 3.53. The Hall–Kier alpha value is -4.12. The second kappa shape index (κ2) is 6.99. The summed E-state index contributed by atoms with van der Waals surface area (Å²) >= 11 is 0. The van der Waals surface area contributed by atoms with Gasteiger partial charge in [-0.05, 0) is 72.4 Å². The zero-order chi connectivity index (χ0) is 20.8. The smallest absolute Gasteiger partial charge is 0.114 e. The highest BCUT2D eigenvalue weighted by molar-refractivity contribution is 6.35. The van der Waals surface area contributed by atoms with E-state index in [2.05, 4.69) is 9.98 Å². The monoisotopic (exact) mass is 394 g/mol. The number of nitrogens with zero attached hydrogens (tertiary/aromatic N) is 4. The van der Waals surface area contributed by atoms with E-state index in [4.69, 9.17) is 17.8 Å². The standard InChI is InChI=1S/C26H15BN4/c27-25-4-2-1-3-23(25)24-14-22-13-20-8-7-18(29-20)11-16-5-6-17(28-16)12-19-9-10-21(30-19)15-26(24)31-22/h1-15H. The van der Waals surface area contributed by atoms with Crippen LogP contribution < -0.4 is 5.46 Å². The molecule has 0 fully saturated rings. The van der Waals surface area contributed by atoms with Crippen molar-refractivity contribution in [3.05, 3.63) is 119 Å². The van der Waals surface area contributed by atoms with Crippen LogP contribution in [0, 0.1) is 0 Å². The van der Waals surface area contributed by atoms with E-state index in [0.717, 1.165) is 56.8 Å². The molecule has 4 nitrogen and oxygen atoms in total. The third kappa shape index (κ3) is 3.40. The lowest BCUT2D eigenvalue weighted by molar-refractivity contribution is 1.41. The molecule has 5 aliphatic rings. The second-order valence-electron chi connectivity index (χ2n) is 7.53. The minimum Gasteiger partial charge on any atom is -0.249 e. The molecule has 6 rings (SSSR count). The predicted octanol–water partition coefficient (Wildman–Crippen LogP) is 3.90. The molecule has 8 bridgehead atoms. The van der Waals surface area contributed by atoms with Crippen LogP contribution in [-0.4, -0.2) is 30.7 Å². The minimum atomic E-state index is 0.715. The van der Waals surface area contributed by atoms with Crippen molar-refractivity contribution >= 4 is 41.7 Å². The topological polar surface area (TPSA) is 49.4 Å². The first-order chi connectivity index (χ1) is 15.2. The summed E-state index contributed by atoms with van der Waals surface area (Å²) in [7, 11) is 6.27.